The summed E-state index contributed by atoms with van der Waals surface area (Å²) in [5.74, 6) is 1.71. The van der Waals surface area contributed by atoms with Crippen molar-refractivity contribution in [3.05, 3.63) is 27.7 Å². The maximum Gasteiger partial charge on any atom is 0.242 e. The summed E-state index contributed by atoms with van der Waals surface area (Å²) in [6.45, 7) is -0.402. The number of nitrogens with one attached hydrogen (secondary N) is 1. The minimum atomic E-state index is -3.69. The Balaban J connectivity index is 2.34. The smallest absolute Gasteiger partial charge is 0.242 e. The molecule has 0 saturated carbocycles. The normalized spacial score (nSPS) is 19.8. The van der Waals surface area contributed by atoms with E-state index in [2.05, 4.69) is 4.72 Å². The third kappa shape index (κ3) is 3.37. The summed E-state index contributed by atoms with van der Waals surface area (Å²) in [6, 6.07) is 2.71. The lowest BCUT2D eigenvalue weighted by Gasteiger charge is -2.14. The van der Waals surface area contributed by atoms with E-state index in [1.165, 1.54) is 12.1 Å². The Morgan fingerprint density at radius 2 is 2.16 bits per heavy atom. The van der Waals surface area contributed by atoms with Gasteiger partial charge in [-0.2, -0.15) is 11.8 Å². The Bertz CT molecular complexity index is 572. The van der Waals surface area contributed by atoms with E-state index in [1.54, 1.807) is 11.8 Å². The van der Waals surface area contributed by atoms with Crippen LogP contribution >= 0.6 is 35.0 Å². The molecule has 1 heterocycles. The van der Waals surface area contributed by atoms with Crippen molar-refractivity contribution in [3.8, 4) is 0 Å². The van der Waals surface area contributed by atoms with Gasteiger partial charge in [-0.25, -0.2) is 13.1 Å². The second kappa shape index (κ2) is 6.20. The molecule has 1 aliphatic heterocycles. The van der Waals surface area contributed by atoms with E-state index >= 15 is 0 Å². The van der Waals surface area contributed by atoms with Gasteiger partial charge in [-0.15, -0.1) is 0 Å². The molecule has 2 N–H and O–H groups in total. The van der Waals surface area contributed by atoms with Gasteiger partial charge in [0.25, 0.3) is 0 Å². The van der Waals surface area contributed by atoms with Crippen molar-refractivity contribution in [2.45, 2.75) is 24.0 Å². The fraction of sp³-hybridized carbons (Fsp3) is 0.455. The van der Waals surface area contributed by atoms with Gasteiger partial charge in [0, 0.05) is 22.4 Å². The van der Waals surface area contributed by atoms with Gasteiger partial charge < -0.3 is 5.11 Å². The Morgan fingerprint density at radius 3 is 2.74 bits per heavy atom. The van der Waals surface area contributed by atoms with Gasteiger partial charge in [0.15, 0.2) is 0 Å². The van der Waals surface area contributed by atoms with Crippen molar-refractivity contribution >= 4 is 45.0 Å². The first-order valence-electron chi connectivity index (χ1n) is 5.63. The number of hydrogen-bond acceptors (Lipinski definition) is 4. The third-order valence-corrected chi connectivity index (χ3v) is 6.47. The summed E-state index contributed by atoms with van der Waals surface area (Å²) in [7, 11) is -3.69. The number of thioether (sulfide) groups is 1. The number of hydrogen-bond donors (Lipinski definition) is 2. The van der Waals surface area contributed by atoms with Crippen LogP contribution in [0.3, 0.4) is 0 Å². The molecule has 1 aromatic carbocycles. The summed E-state index contributed by atoms with van der Waals surface area (Å²) in [5.41, 5.74) is 0.229. The number of aliphatic hydroxyl groups is 1. The SMILES string of the molecule is O=S(=O)(NC1CCSC1)c1ccc(Cl)c(CO)c1Cl. The maximum atomic E-state index is 12.3. The summed E-state index contributed by atoms with van der Waals surface area (Å²) in [5, 5.41) is 9.42. The lowest BCUT2D eigenvalue weighted by Crippen LogP contribution is -2.34. The topological polar surface area (TPSA) is 66.4 Å². The molecule has 1 aliphatic rings. The summed E-state index contributed by atoms with van der Waals surface area (Å²) in [4.78, 5) is -0.0421. The van der Waals surface area contributed by atoms with Gasteiger partial charge in [-0.3, -0.25) is 0 Å². The molecule has 1 unspecified atom stereocenters. The number of aliphatic hydroxyl groups excluding tert-OH is 1. The number of sulfonamides is 1. The number of halogens is 2. The van der Waals surface area contributed by atoms with Crippen LogP contribution in [0.4, 0.5) is 0 Å². The molecule has 0 bridgehead atoms. The minimum Gasteiger partial charge on any atom is -0.392 e. The van der Waals surface area contributed by atoms with Crippen LogP contribution in [-0.4, -0.2) is 31.1 Å². The van der Waals surface area contributed by atoms with Crippen molar-refractivity contribution in [2.75, 3.05) is 11.5 Å². The Hall–Kier alpha value is 0.0200. The van der Waals surface area contributed by atoms with Crippen LogP contribution in [-0.2, 0) is 16.6 Å². The number of benzene rings is 1. The second-order valence-electron chi connectivity index (χ2n) is 4.18. The number of rotatable bonds is 4. The van der Waals surface area contributed by atoms with Crippen molar-refractivity contribution in [1.29, 1.82) is 0 Å². The molecule has 1 saturated heterocycles. The highest BCUT2D eigenvalue weighted by atomic mass is 35.5. The van der Waals surface area contributed by atoms with E-state index in [9.17, 15) is 13.5 Å². The average molecular weight is 342 g/mol. The predicted molar refractivity (Wildman–Crippen MR) is 78.4 cm³/mol. The monoisotopic (exact) mass is 341 g/mol. The van der Waals surface area contributed by atoms with Gasteiger partial charge in [0.05, 0.1) is 11.6 Å². The highest BCUT2D eigenvalue weighted by Crippen LogP contribution is 2.31. The Kier molecular flexibility index (Phi) is 5.03. The fourth-order valence-electron chi connectivity index (χ4n) is 1.84. The minimum absolute atomic E-state index is 0.0202. The van der Waals surface area contributed by atoms with Gasteiger partial charge in [0.2, 0.25) is 10.0 Å². The largest absolute Gasteiger partial charge is 0.392 e. The first-order valence-corrected chi connectivity index (χ1v) is 9.03. The molecule has 0 aliphatic carbocycles. The molecule has 0 amide bonds. The highest BCUT2D eigenvalue weighted by Gasteiger charge is 2.26. The van der Waals surface area contributed by atoms with Gasteiger partial charge in [-0.05, 0) is 24.3 Å². The molecular weight excluding hydrogens is 329 g/mol. The van der Waals surface area contributed by atoms with E-state index < -0.39 is 16.6 Å². The molecule has 19 heavy (non-hydrogen) atoms. The van der Waals surface area contributed by atoms with Crippen LogP contribution in [0, 0.1) is 0 Å². The Labute approximate surface area is 126 Å². The molecule has 0 spiro atoms. The van der Waals surface area contributed by atoms with Gasteiger partial charge in [-0.1, -0.05) is 23.2 Å². The van der Waals surface area contributed by atoms with Crippen molar-refractivity contribution in [1.82, 2.24) is 4.72 Å². The van der Waals surface area contributed by atoms with Crippen LogP contribution in [0.25, 0.3) is 0 Å². The van der Waals surface area contributed by atoms with Crippen molar-refractivity contribution < 1.29 is 13.5 Å². The molecule has 0 radical (unpaired) electrons. The highest BCUT2D eigenvalue weighted by molar-refractivity contribution is 7.99. The van der Waals surface area contributed by atoms with E-state index in [-0.39, 0.29) is 26.5 Å². The van der Waals surface area contributed by atoms with Crippen molar-refractivity contribution in [3.63, 3.8) is 0 Å². The third-order valence-electron chi connectivity index (χ3n) is 2.85. The van der Waals surface area contributed by atoms with Crippen molar-refractivity contribution in [2.24, 2.45) is 0 Å². The molecule has 4 nitrogen and oxygen atoms in total. The lowest BCUT2D eigenvalue weighted by molar-refractivity contribution is 0.281. The van der Waals surface area contributed by atoms with Crippen LogP contribution < -0.4 is 4.72 Å². The molecule has 0 aromatic heterocycles. The predicted octanol–water partition coefficient (Wildman–Crippen LogP) is 2.27. The maximum absolute atomic E-state index is 12.3. The lowest BCUT2D eigenvalue weighted by atomic mass is 10.2. The summed E-state index contributed by atoms with van der Waals surface area (Å²) in [6.07, 6.45) is 0.808. The molecule has 2 rings (SSSR count). The zero-order valence-electron chi connectivity index (χ0n) is 9.90. The molecule has 1 aromatic rings. The van der Waals surface area contributed by atoms with E-state index in [0.717, 1.165) is 17.9 Å². The first-order chi connectivity index (χ1) is 8.95. The zero-order valence-corrected chi connectivity index (χ0v) is 13.0. The van der Waals surface area contributed by atoms with Crippen LogP contribution in [0.1, 0.15) is 12.0 Å². The molecule has 1 atom stereocenters. The van der Waals surface area contributed by atoms with Crippen LogP contribution in [0.15, 0.2) is 17.0 Å². The molecule has 106 valence electrons. The fourth-order valence-corrected chi connectivity index (χ4v) is 5.27. The average Bonchev–Trinajstić information content (AvgIpc) is 2.81. The van der Waals surface area contributed by atoms with Crippen LogP contribution in [0.2, 0.25) is 10.0 Å². The molecular formula is C11H13Cl2NO3S2. The van der Waals surface area contributed by atoms with E-state index in [4.69, 9.17) is 23.2 Å². The quantitative estimate of drug-likeness (QED) is 0.881. The zero-order chi connectivity index (χ0) is 14.0. The van der Waals surface area contributed by atoms with Gasteiger partial charge in [0.1, 0.15) is 4.90 Å². The van der Waals surface area contributed by atoms with Gasteiger partial charge >= 0.3 is 0 Å². The Morgan fingerprint density at radius 1 is 1.42 bits per heavy atom. The first kappa shape index (κ1) is 15.4. The van der Waals surface area contributed by atoms with E-state index in [1.807, 2.05) is 0 Å². The summed E-state index contributed by atoms with van der Waals surface area (Å²) >= 11 is 13.6. The molecule has 8 heteroatoms. The van der Waals surface area contributed by atoms with E-state index in [0.29, 0.717) is 0 Å². The standard InChI is InChI=1S/C11H13Cl2NO3S2/c12-9-1-2-10(11(13)8(9)5-15)19(16,17)14-7-3-4-18-6-7/h1-2,7,14-15H,3-6H2. The summed E-state index contributed by atoms with van der Waals surface area (Å²) < 4.78 is 27.1. The molecule has 1 fully saturated rings. The van der Waals surface area contributed by atoms with Crippen LogP contribution in [0.5, 0.6) is 0 Å². The second-order valence-corrected chi connectivity index (χ2v) is 7.80.